The highest BCUT2D eigenvalue weighted by Gasteiger charge is 2.11. The Kier molecular flexibility index (Phi) is 3.67. The molecule has 0 bridgehead atoms. The van der Waals surface area contributed by atoms with E-state index < -0.39 is 5.97 Å². The molecule has 1 N–H and O–H groups in total. The van der Waals surface area contributed by atoms with Gasteiger partial charge in [0.15, 0.2) is 0 Å². The molecule has 1 aromatic carbocycles. The molecule has 2 rings (SSSR count). The van der Waals surface area contributed by atoms with E-state index in [9.17, 15) is 4.79 Å². The zero-order valence-electron chi connectivity index (χ0n) is 11.2. The number of carbonyl (C=O) groups is 1. The largest absolute Gasteiger partial charge is 0.478 e. The van der Waals surface area contributed by atoms with Gasteiger partial charge in [0.25, 0.3) is 0 Å². The molecule has 0 saturated heterocycles. The van der Waals surface area contributed by atoms with Gasteiger partial charge in [-0.1, -0.05) is 6.07 Å². The van der Waals surface area contributed by atoms with E-state index in [1.165, 1.54) is 6.07 Å². The molecule has 0 aliphatic carbocycles. The Bertz CT molecular complexity index is 705. The molecule has 0 saturated carbocycles. The van der Waals surface area contributed by atoms with Crippen LogP contribution in [-0.4, -0.2) is 23.1 Å². The Balaban J connectivity index is 2.38. The van der Waals surface area contributed by atoms with E-state index in [4.69, 9.17) is 10.4 Å². The van der Waals surface area contributed by atoms with Crippen LogP contribution in [0.4, 0.5) is 11.5 Å². The Morgan fingerprint density at radius 1 is 1.35 bits per heavy atom. The Morgan fingerprint density at radius 2 is 2.10 bits per heavy atom. The summed E-state index contributed by atoms with van der Waals surface area (Å²) < 4.78 is 0. The van der Waals surface area contributed by atoms with E-state index in [1.807, 2.05) is 13.1 Å². The molecule has 0 radical (unpaired) electrons. The summed E-state index contributed by atoms with van der Waals surface area (Å²) in [4.78, 5) is 17.1. The highest BCUT2D eigenvalue weighted by Crippen LogP contribution is 2.23. The predicted octanol–water partition coefficient (Wildman–Crippen LogP) is 2.73. The number of aromatic nitrogens is 1. The lowest BCUT2D eigenvalue weighted by Gasteiger charge is -2.19. The molecule has 0 fully saturated rings. The third kappa shape index (κ3) is 2.59. The van der Waals surface area contributed by atoms with Crippen molar-refractivity contribution < 1.29 is 9.90 Å². The van der Waals surface area contributed by atoms with Gasteiger partial charge >= 0.3 is 5.97 Å². The number of rotatable bonds is 3. The van der Waals surface area contributed by atoms with Crippen LogP contribution in [0, 0.1) is 18.3 Å². The van der Waals surface area contributed by atoms with Gasteiger partial charge in [-0.25, -0.2) is 9.78 Å². The van der Waals surface area contributed by atoms with Gasteiger partial charge in [0.2, 0.25) is 0 Å². The SMILES string of the molecule is Cc1nc(N(C)c2cccc(C#N)c2)ccc1C(=O)O. The summed E-state index contributed by atoms with van der Waals surface area (Å²) in [6.45, 7) is 1.66. The Morgan fingerprint density at radius 3 is 2.70 bits per heavy atom. The summed E-state index contributed by atoms with van der Waals surface area (Å²) in [6.07, 6.45) is 0. The molecule has 2 aromatic rings. The van der Waals surface area contributed by atoms with E-state index in [-0.39, 0.29) is 5.56 Å². The highest BCUT2D eigenvalue weighted by atomic mass is 16.4. The fourth-order valence-corrected chi connectivity index (χ4v) is 1.88. The molecule has 0 amide bonds. The van der Waals surface area contributed by atoms with Gasteiger partial charge in [-0.3, -0.25) is 0 Å². The smallest absolute Gasteiger partial charge is 0.337 e. The number of hydrogen-bond acceptors (Lipinski definition) is 4. The second kappa shape index (κ2) is 5.41. The number of benzene rings is 1. The lowest BCUT2D eigenvalue weighted by atomic mass is 10.2. The van der Waals surface area contributed by atoms with Crippen molar-refractivity contribution in [1.29, 1.82) is 5.26 Å². The molecular weight excluding hydrogens is 254 g/mol. The molecule has 0 spiro atoms. The van der Waals surface area contributed by atoms with Crippen LogP contribution in [0.2, 0.25) is 0 Å². The van der Waals surface area contributed by atoms with Gasteiger partial charge in [-0.05, 0) is 37.3 Å². The summed E-state index contributed by atoms with van der Waals surface area (Å²) >= 11 is 0. The molecule has 1 aromatic heterocycles. The normalized spacial score (nSPS) is 9.85. The van der Waals surface area contributed by atoms with Crippen LogP contribution in [0.15, 0.2) is 36.4 Å². The van der Waals surface area contributed by atoms with Crippen molar-refractivity contribution in [2.24, 2.45) is 0 Å². The maximum atomic E-state index is 11.0. The summed E-state index contributed by atoms with van der Waals surface area (Å²) in [5.41, 5.74) is 2.03. The summed E-state index contributed by atoms with van der Waals surface area (Å²) in [6, 6.07) is 12.4. The number of carboxylic acids is 1. The van der Waals surface area contributed by atoms with E-state index >= 15 is 0 Å². The fraction of sp³-hybridized carbons (Fsp3) is 0.133. The van der Waals surface area contributed by atoms with Crippen molar-refractivity contribution >= 4 is 17.5 Å². The van der Waals surface area contributed by atoms with Crippen molar-refractivity contribution in [3.8, 4) is 6.07 Å². The minimum atomic E-state index is -0.990. The fourth-order valence-electron chi connectivity index (χ4n) is 1.88. The van der Waals surface area contributed by atoms with E-state index in [2.05, 4.69) is 11.1 Å². The average Bonchev–Trinajstić information content (AvgIpc) is 2.46. The molecule has 5 heteroatoms. The first-order valence-corrected chi connectivity index (χ1v) is 5.98. The van der Waals surface area contributed by atoms with Crippen molar-refractivity contribution in [3.63, 3.8) is 0 Å². The number of anilines is 2. The van der Waals surface area contributed by atoms with Gasteiger partial charge in [-0.2, -0.15) is 5.26 Å². The van der Waals surface area contributed by atoms with Crippen LogP contribution in [0.5, 0.6) is 0 Å². The molecule has 0 atom stereocenters. The van der Waals surface area contributed by atoms with Crippen molar-refractivity contribution in [2.45, 2.75) is 6.92 Å². The lowest BCUT2D eigenvalue weighted by Crippen LogP contribution is -2.13. The van der Waals surface area contributed by atoms with Crippen molar-refractivity contribution in [1.82, 2.24) is 4.98 Å². The van der Waals surface area contributed by atoms with Crippen LogP contribution < -0.4 is 4.90 Å². The van der Waals surface area contributed by atoms with Crippen LogP contribution in [0.1, 0.15) is 21.6 Å². The second-order valence-corrected chi connectivity index (χ2v) is 4.33. The van der Waals surface area contributed by atoms with Gasteiger partial charge in [0, 0.05) is 12.7 Å². The monoisotopic (exact) mass is 267 g/mol. The molecular formula is C15H13N3O2. The number of hydrogen-bond donors (Lipinski definition) is 1. The van der Waals surface area contributed by atoms with Crippen molar-refractivity contribution in [2.75, 3.05) is 11.9 Å². The number of nitriles is 1. The maximum absolute atomic E-state index is 11.0. The van der Waals surface area contributed by atoms with E-state index in [0.29, 0.717) is 17.1 Å². The van der Waals surface area contributed by atoms with Crippen molar-refractivity contribution in [3.05, 3.63) is 53.2 Å². The van der Waals surface area contributed by atoms with Crippen LogP contribution in [0.3, 0.4) is 0 Å². The van der Waals surface area contributed by atoms with Crippen LogP contribution in [0.25, 0.3) is 0 Å². The highest BCUT2D eigenvalue weighted by molar-refractivity contribution is 5.89. The van der Waals surface area contributed by atoms with Gasteiger partial charge < -0.3 is 10.0 Å². The molecule has 0 aliphatic heterocycles. The van der Waals surface area contributed by atoms with Crippen LogP contribution >= 0.6 is 0 Å². The first-order valence-electron chi connectivity index (χ1n) is 5.98. The molecule has 100 valence electrons. The Labute approximate surface area is 116 Å². The standard InChI is InChI=1S/C15H13N3O2/c1-10-13(15(19)20)6-7-14(17-10)18(2)12-5-3-4-11(8-12)9-16/h3-8H,1-2H3,(H,19,20). The zero-order chi connectivity index (χ0) is 14.7. The number of aryl methyl sites for hydroxylation is 1. The van der Waals surface area contributed by atoms with E-state index in [0.717, 1.165) is 5.69 Å². The first-order chi connectivity index (χ1) is 9.52. The third-order valence-electron chi connectivity index (χ3n) is 3.01. The molecule has 20 heavy (non-hydrogen) atoms. The number of nitrogens with zero attached hydrogens (tertiary/aromatic N) is 3. The lowest BCUT2D eigenvalue weighted by molar-refractivity contribution is 0.0695. The van der Waals surface area contributed by atoms with Gasteiger partial charge in [-0.15, -0.1) is 0 Å². The Hall–Kier alpha value is -2.87. The van der Waals surface area contributed by atoms with E-state index in [1.54, 1.807) is 36.1 Å². The topological polar surface area (TPSA) is 77.2 Å². The quantitative estimate of drug-likeness (QED) is 0.925. The number of carboxylic acid groups (broad SMARTS) is 1. The van der Waals surface area contributed by atoms with Gasteiger partial charge in [0.05, 0.1) is 22.9 Å². The van der Waals surface area contributed by atoms with Gasteiger partial charge in [0.1, 0.15) is 5.82 Å². The summed E-state index contributed by atoms with van der Waals surface area (Å²) in [7, 11) is 1.82. The van der Waals surface area contributed by atoms with Crippen LogP contribution in [-0.2, 0) is 0 Å². The molecule has 1 heterocycles. The maximum Gasteiger partial charge on any atom is 0.337 e. The zero-order valence-corrected chi connectivity index (χ0v) is 11.2. The second-order valence-electron chi connectivity index (χ2n) is 4.33. The number of aromatic carboxylic acids is 1. The first kappa shape index (κ1) is 13.6. The third-order valence-corrected chi connectivity index (χ3v) is 3.01. The molecule has 5 nitrogen and oxygen atoms in total. The summed E-state index contributed by atoms with van der Waals surface area (Å²) in [5.74, 6) is -0.363. The minimum absolute atomic E-state index is 0.188. The summed E-state index contributed by atoms with van der Waals surface area (Å²) in [5, 5.41) is 17.9. The molecule has 0 unspecified atom stereocenters. The minimum Gasteiger partial charge on any atom is -0.478 e. The number of pyridine rings is 1. The average molecular weight is 267 g/mol. The predicted molar refractivity (Wildman–Crippen MR) is 75.2 cm³/mol. The molecule has 0 aliphatic rings.